The van der Waals surface area contributed by atoms with Crippen LogP contribution in [0, 0.1) is 11.3 Å². The number of hydrogen-bond acceptors (Lipinski definition) is 1. The maximum Gasteiger partial charge on any atom is 0.155 e. The van der Waals surface area contributed by atoms with Crippen molar-refractivity contribution in [2.24, 2.45) is 11.3 Å². The summed E-state index contributed by atoms with van der Waals surface area (Å²) in [7, 11) is 0. The third kappa shape index (κ3) is 1.21. The van der Waals surface area contributed by atoms with Crippen molar-refractivity contribution in [3.05, 3.63) is 12.2 Å². The van der Waals surface area contributed by atoms with E-state index in [0.717, 1.165) is 6.42 Å². The molecule has 0 N–H and O–H groups in total. The van der Waals surface area contributed by atoms with E-state index in [2.05, 4.69) is 13.0 Å². The molecule has 0 saturated heterocycles. The number of rotatable bonds is 0. The van der Waals surface area contributed by atoms with Crippen LogP contribution in [0.5, 0.6) is 0 Å². The molecule has 0 bridgehead atoms. The van der Waals surface area contributed by atoms with Crippen molar-refractivity contribution in [3.63, 3.8) is 0 Å². The first-order valence-corrected chi connectivity index (χ1v) is 4.93. The van der Waals surface area contributed by atoms with Crippen LogP contribution in [0.25, 0.3) is 0 Å². The number of allylic oxidation sites excluding steroid dienone is 2. The van der Waals surface area contributed by atoms with Crippen molar-refractivity contribution in [1.29, 1.82) is 0 Å². The van der Waals surface area contributed by atoms with Gasteiger partial charge in [-0.05, 0) is 30.3 Å². The van der Waals surface area contributed by atoms with Gasteiger partial charge in [0.25, 0.3) is 0 Å². The summed E-state index contributed by atoms with van der Waals surface area (Å²) in [5.41, 5.74) is 0.353. The van der Waals surface area contributed by atoms with Crippen LogP contribution in [0.2, 0.25) is 0 Å². The van der Waals surface area contributed by atoms with Gasteiger partial charge in [0.15, 0.2) is 5.78 Å². The molecule has 66 valence electrons. The van der Waals surface area contributed by atoms with E-state index in [1.54, 1.807) is 6.08 Å². The van der Waals surface area contributed by atoms with E-state index in [0.29, 0.717) is 17.1 Å². The molecule has 0 aromatic rings. The fraction of sp³-hybridized carbons (Fsp3) is 0.727. The van der Waals surface area contributed by atoms with Gasteiger partial charge < -0.3 is 0 Å². The predicted octanol–water partition coefficient (Wildman–Crippen LogP) is 2.71. The van der Waals surface area contributed by atoms with Gasteiger partial charge in [-0.1, -0.05) is 25.8 Å². The van der Waals surface area contributed by atoms with Gasteiger partial charge in [-0.15, -0.1) is 0 Å². The standard InChI is InChI=1S/C11H16O/c1-11-6-3-2-4-9(11)8-10(12)5-7-11/h5,7,9H,2-4,6,8H2,1H3/t9-,11+/m0/s1. The molecule has 0 amide bonds. The summed E-state index contributed by atoms with van der Waals surface area (Å²) in [6.07, 6.45) is 9.94. The first-order valence-electron chi connectivity index (χ1n) is 4.93. The van der Waals surface area contributed by atoms with Crippen LogP contribution in [-0.2, 0) is 4.79 Å². The lowest BCUT2D eigenvalue weighted by Crippen LogP contribution is -2.33. The second-order valence-electron chi connectivity index (χ2n) is 4.45. The monoisotopic (exact) mass is 164 g/mol. The normalized spacial score (nSPS) is 41.1. The predicted molar refractivity (Wildman–Crippen MR) is 48.8 cm³/mol. The van der Waals surface area contributed by atoms with Crippen LogP contribution in [-0.4, -0.2) is 5.78 Å². The summed E-state index contributed by atoms with van der Waals surface area (Å²) in [5.74, 6) is 0.975. The number of ketones is 1. The highest BCUT2D eigenvalue weighted by Crippen LogP contribution is 2.45. The Bertz CT molecular complexity index is 229. The molecule has 1 heteroatoms. The van der Waals surface area contributed by atoms with Crippen LogP contribution >= 0.6 is 0 Å². The Labute approximate surface area is 73.8 Å². The molecule has 0 heterocycles. The van der Waals surface area contributed by atoms with Gasteiger partial charge in [0.05, 0.1) is 0 Å². The van der Waals surface area contributed by atoms with Crippen molar-refractivity contribution in [1.82, 2.24) is 0 Å². The van der Waals surface area contributed by atoms with E-state index in [4.69, 9.17) is 0 Å². The first kappa shape index (κ1) is 8.03. The molecule has 1 nitrogen and oxygen atoms in total. The van der Waals surface area contributed by atoms with Crippen LogP contribution in [0.4, 0.5) is 0 Å². The van der Waals surface area contributed by atoms with Crippen LogP contribution in [0.15, 0.2) is 12.2 Å². The van der Waals surface area contributed by atoms with Crippen molar-refractivity contribution < 1.29 is 4.79 Å². The maximum atomic E-state index is 11.2. The largest absolute Gasteiger partial charge is 0.295 e. The molecule has 1 fully saturated rings. The van der Waals surface area contributed by atoms with Crippen molar-refractivity contribution >= 4 is 5.78 Å². The van der Waals surface area contributed by atoms with Gasteiger partial charge in [-0.2, -0.15) is 0 Å². The second-order valence-corrected chi connectivity index (χ2v) is 4.45. The smallest absolute Gasteiger partial charge is 0.155 e. The van der Waals surface area contributed by atoms with Gasteiger partial charge in [-0.25, -0.2) is 0 Å². The molecular weight excluding hydrogens is 148 g/mol. The Morgan fingerprint density at radius 3 is 3.17 bits per heavy atom. The van der Waals surface area contributed by atoms with Gasteiger partial charge in [0.2, 0.25) is 0 Å². The quantitative estimate of drug-likeness (QED) is 0.538. The Hall–Kier alpha value is -0.590. The van der Waals surface area contributed by atoms with E-state index < -0.39 is 0 Å². The molecule has 2 rings (SSSR count). The van der Waals surface area contributed by atoms with E-state index in [1.807, 2.05) is 0 Å². The van der Waals surface area contributed by atoms with Crippen LogP contribution in [0.3, 0.4) is 0 Å². The average molecular weight is 164 g/mol. The van der Waals surface area contributed by atoms with Gasteiger partial charge >= 0.3 is 0 Å². The molecule has 0 radical (unpaired) electrons. The summed E-state index contributed by atoms with van der Waals surface area (Å²) in [4.78, 5) is 11.2. The van der Waals surface area contributed by atoms with Crippen LogP contribution in [0.1, 0.15) is 39.0 Å². The zero-order valence-electron chi connectivity index (χ0n) is 7.68. The molecular formula is C11H16O. The lowest BCUT2D eigenvalue weighted by Gasteiger charge is -2.41. The van der Waals surface area contributed by atoms with Gasteiger partial charge in [0.1, 0.15) is 0 Å². The van der Waals surface area contributed by atoms with E-state index >= 15 is 0 Å². The summed E-state index contributed by atoms with van der Waals surface area (Å²) in [5, 5.41) is 0. The zero-order chi connectivity index (χ0) is 8.60. The summed E-state index contributed by atoms with van der Waals surface area (Å²) in [6.45, 7) is 2.31. The molecule has 0 aromatic heterocycles. The molecule has 1 saturated carbocycles. The third-order valence-corrected chi connectivity index (χ3v) is 3.55. The van der Waals surface area contributed by atoms with Crippen LogP contribution < -0.4 is 0 Å². The Kier molecular flexibility index (Phi) is 1.82. The number of fused-ring (bicyclic) bond motifs is 1. The topological polar surface area (TPSA) is 17.1 Å². The maximum absolute atomic E-state index is 11.2. The molecule has 12 heavy (non-hydrogen) atoms. The highest BCUT2D eigenvalue weighted by atomic mass is 16.1. The minimum atomic E-state index is 0.333. The fourth-order valence-corrected chi connectivity index (χ4v) is 2.58. The van der Waals surface area contributed by atoms with Crippen molar-refractivity contribution in [3.8, 4) is 0 Å². The lowest BCUT2D eigenvalue weighted by molar-refractivity contribution is -0.117. The van der Waals surface area contributed by atoms with E-state index in [9.17, 15) is 4.79 Å². The number of hydrogen-bond donors (Lipinski definition) is 0. The molecule has 2 atom stereocenters. The van der Waals surface area contributed by atoms with Gasteiger partial charge in [-0.3, -0.25) is 4.79 Å². The molecule has 0 aliphatic heterocycles. The third-order valence-electron chi connectivity index (χ3n) is 3.55. The van der Waals surface area contributed by atoms with E-state index in [-0.39, 0.29) is 0 Å². The van der Waals surface area contributed by atoms with Gasteiger partial charge in [0, 0.05) is 6.42 Å². The lowest BCUT2D eigenvalue weighted by atomic mass is 9.63. The number of carbonyl (C=O) groups is 1. The average Bonchev–Trinajstić information content (AvgIpc) is 2.06. The van der Waals surface area contributed by atoms with E-state index in [1.165, 1.54) is 25.7 Å². The molecule has 0 unspecified atom stereocenters. The van der Waals surface area contributed by atoms with Crippen molar-refractivity contribution in [2.45, 2.75) is 39.0 Å². The number of carbonyl (C=O) groups excluding carboxylic acids is 1. The minimum absolute atomic E-state index is 0.333. The zero-order valence-corrected chi connectivity index (χ0v) is 7.68. The minimum Gasteiger partial charge on any atom is -0.295 e. The molecule has 0 aromatic carbocycles. The summed E-state index contributed by atoms with van der Waals surface area (Å²) < 4.78 is 0. The molecule has 2 aliphatic carbocycles. The summed E-state index contributed by atoms with van der Waals surface area (Å²) in [6, 6.07) is 0. The van der Waals surface area contributed by atoms with Crippen molar-refractivity contribution in [2.75, 3.05) is 0 Å². The fourth-order valence-electron chi connectivity index (χ4n) is 2.58. The Morgan fingerprint density at radius 2 is 2.33 bits per heavy atom. The Balaban J connectivity index is 2.23. The molecule has 0 spiro atoms. The highest BCUT2D eigenvalue weighted by Gasteiger charge is 2.37. The SMILES string of the molecule is C[C@@]12C=CC(=O)C[C@@H]1CCCC2. The summed E-state index contributed by atoms with van der Waals surface area (Å²) >= 11 is 0. The Morgan fingerprint density at radius 1 is 1.50 bits per heavy atom. The first-order chi connectivity index (χ1) is 5.71. The second kappa shape index (κ2) is 2.72. The molecule has 2 aliphatic rings. The highest BCUT2D eigenvalue weighted by molar-refractivity contribution is 5.90.